The minimum absolute atomic E-state index is 0.307. The number of nitrogens with zero attached hydrogens (tertiary/aromatic N) is 3. The van der Waals surface area contributed by atoms with E-state index in [1.165, 1.54) is 12.1 Å². The lowest BCUT2D eigenvalue weighted by Crippen LogP contribution is -2.05. The number of anilines is 3. The molecular weight excluding hydrogens is 295 g/mol. The summed E-state index contributed by atoms with van der Waals surface area (Å²) in [6.45, 7) is 2.63. The zero-order valence-corrected chi connectivity index (χ0v) is 11.9. The Morgan fingerprint density at radius 1 is 1.29 bits per heavy atom. The number of fused-ring (bicyclic) bond motifs is 1. The van der Waals surface area contributed by atoms with Gasteiger partial charge in [-0.3, -0.25) is 5.10 Å². The number of halogens is 2. The Bertz CT molecular complexity index is 767. The van der Waals surface area contributed by atoms with Crippen molar-refractivity contribution in [3.05, 3.63) is 35.2 Å². The predicted molar refractivity (Wildman–Crippen MR) is 80.5 cm³/mol. The van der Waals surface area contributed by atoms with E-state index in [-0.39, 0.29) is 0 Å². The number of hydrogen-bond donors (Lipinski definition) is 3. The topological polar surface area (TPSA) is 78.5 Å². The summed E-state index contributed by atoms with van der Waals surface area (Å²) in [5, 5.41) is 13.8. The highest BCUT2D eigenvalue weighted by molar-refractivity contribution is 6.30. The third-order valence-corrected chi connectivity index (χ3v) is 2.99. The van der Waals surface area contributed by atoms with Gasteiger partial charge < -0.3 is 10.6 Å². The Balaban J connectivity index is 2.04. The maximum atomic E-state index is 13.4. The summed E-state index contributed by atoms with van der Waals surface area (Å²) in [5.74, 6) is 0.556. The minimum Gasteiger partial charge on any atom is -0.354 e. The average Bonchev–Trinajstić information content (AvgIpc) is 2.86. The molecule has 0 saturated heterocycles. The summed E-state index contributed by atoms with van der Waals surface area (Å²) in [5.41, 5.74) is 1.09. The third-order valence-electron chi connectivity index (χ3n) is 2.77. The van der Waals surface area contributed by atoms with Crippen LogP contribution in [0.25, 0.3) is 11.0 Å². The predicted octanol–water partition coefficient (Wildman–Crippen LogP) is 3.32. The van der Waals surface area contributed by atoms with Gasteiger partial charge in [-0.2, -0.15) is 15.1 Å². The number of rotatable bonds is 4. The van der Waals surface area contributed by atoms with Crippen molar-refractivity contribution in [2.75, 3.05) is 17.2 Å². The van der Waals surface area contributed by atoms with E-state index in [9.17, 15) is 4.39 Å². The number of aromatic amines is 1. The van der Waals surface area contributed by atoms with Crippen molar-refractivity contribution < 1.29 is 4.39 Å². The number of benzene rings is 1. The first-order chi connectivity index (χ1) is 10.2. The van der Waals surface area contributed by atoms with Gasteiger partial charge in [0.2, 0.25) is 5.95 Å². The molecule has 0 aliphatic heterocycles. The molecule has 0 aliphatic rings. The lowest BCUT2D eigenvalue weighted by Gasteiger charge is -2.09. The second-order valence-corrected chi connectivity index (χ2v) is 4.78. The molecule has 3 aromatic rings. The summed E-state index contributed by atoms with van der Waals surface area (Å²) >= 11 is 5.85. The summed E-state index contributed by atoms with van der Waals surface area (Å²) in [6, 6.07) is 4.20. The zero-order chi connectivity index (χ0) is 14.8. The number of nitrogens with one attached hydrogen (secondary N) is 3. The highest BCUT2D eigenvalue weighted by Gasteiger charge is 2.10. The van der Waals surface area contributed by atoms with Gasteiger partial charge in [0.25, 0.3) is 0 Å². The van der Waals surface area contributed by atoms with Crippen LogP contribution in [0.1, 0.15) is 6.92 Å². The van der Waals surface area contributed by atoms with Crippen LogP contribution in [0.15, 0.2) is 24.4 Å². The van der Waals surface area contributed by atoms with Gasteiger partial charge in [0.15, 0.2) is 5.65 Å². The molecule has 0 amide bonds. The van der Waals surface area contributed by atoms with Gasteiger partial charge in [-0.05, 0) is 25.1 Å². The minimum atomic E-state index is -0.422. The van der Waals surface area contributed by atoms with E-state index >= 15 is 0 Å². The van der Waals surface area contributed by atoms with Crippen LogP contribution in [0.2, 0.25) is 5.02 Å². The molecule has 8 heteroatoms. The van der Waals surface area contributed by atoms with Crippen molar-refractivity contribution in [3.63, 3.8) is 0 Å². The van der Waals surface area contributed by atoms with Gasteiger partial charge in [0.1, 0.15) is 11.6 Å². The van der Waals surface area contributed by atoms with Crippen molar-refractivity contribution >= 4 is 40.1 Å². The van der Waals surface area contributed by atoms with E-state index < -0.39 is 5.82 Å². The van der Waals surface area contributed by atoms with Crippen molar-refractivity contribution in [3.8, 4) is 0 Å². The molecule has 0 radical (unpaired) electrons. The fourth-order valence-electron chi connectivity index (χ4n) is 1.93. The van der Waals surface area contributed by atoms with Crippen LogP contribution in [-0.2, 0) is 0 Å². The molecule has 0 bridgehead atoms. The Morgan fingerprint density at radius 3 is 2.90 bits per heavy atom. The fourth-order valence-corrected chi connectivity index (χ4v) is 2.15. The molecule has 0 aliphatic carbocycles. The van der Waals surface area contributed by atoms with Gasteiger partial charge in [-0.1, -0.05) is 11.6 Å². The molecule has 0 fully saturated rings. The Labute approximate surface area is 124 Å². The van der Waals surface area contributed by atoms with Crippen LogP contribution >= 0.6 is 11.6 Å². The maximum Gasteiger partial charge on any atom is 0.226 e. The molecule has 2 aromatic heterocycles. The molecule has 21 heavy (non-hydrogen) atoms. The molecule has 0 saturated carbocycles. The summed E-state index contributed by atoms with van der Waals surface area (Å²) < 4.78 is 13.4. The summed E-state index contributed by atoms with van der Waals surface area (Å²) in [4.78, 5) is 8.64. The van der Waals surface area contributed by atoms with Gasteiger partial charge in [-0.15, -0.1) is 0 Å². The Hall–Kier alpha value is -2.41. The molecule has 2 heterocycles. The highest BCUT2D eigenvalue weighted by Crippen LogP contribution is 2.26. The van der Waals surface area contributed by atoms with E-state index in [1.54, 1.807) is 12.3 Å². The zero-order valence-electron chi connectivity index (χ0n) is 11.1. The van der Waals surface area contributed by atoms with Gasteiger partial charge in [0, 0.05) is 17.3 Å². The van der Waals surface area contributed by atoms with E-state index in [1.807, 2.05) is 6.92 Å². The Morgan fingerprint density at radius 2 is 2.14 bits per heavy atom. The van der Waals surface area contributed by atoms with Gasteiger partial charge in [0.05, 0.1) is 11.6 Å². The molecule has 1 aromatic carbocycles. The smallest absolute Gasteiger partial charge is 0.226 e. The molecular formula is C13H12ClFN6. The van der Waals surface area contributed by atoms with Gasteiger partial charge >= 0.3 is 0 Å². The summed E-state index contributed by atoms with van der Waals surface area (Å²) in [7, 11) is 0. The second kappa shape index (κ2) is 5.53. The highest BCUT2D eigenvalue weighted by atomic mass is 35.5. The number of H-pyrrole nitrogens is 1. The lowest BCUT2D eigenvalue weighted by atomic mass is 10.3. The molecule has 6 nitrogen and oxygen atoms in total. The second-order valence-electron chi connectivity index (χ2n) is 4.34. The summed E-state index contributed by atoms with van der Waals surface area (Å²) in [6.07, 6.45) is 1.61. The first kappa shape index (κ1) is 13.6. The van der Waals surface area contributed by atoms with Crippen LogP contribution in [0.3, 0.4) is 0 Å². The van der Waals surface area contributed by atoms with Crippen molar-refractivity contribution in [2.45, 2.75) is 6.92 Å². The first-order valence-corrected chi connectivity index (χ1v) is 6.71. The van der Waals surface area contributed by atoms with E-state index in [2.05, 4.69) is 30.8 Å². The van der Waals surface area contributed by atoms with Crippen LogP contribution in [0.4, 0.5) is 21.8 Å². The van der Waals surface area contributed by atoms with Crippen molar-refractivity contribution in [2.24, 2.45) is 0 Å². The quantitative estimate of drug-likeness (QED) is 0.689. The van der Waals surface area contributed by atoms with E-state index in [0.717, 1.165) is 0 Å². The van der Waals surface area contributed by atoms with Crippen LogP contribution in [-0.4, -0.2) is 26.7 Å². The third kappa shape index (κ3) is 2.87. The van der Waals surface area contributed by atoms with E-state index in [0.29, 0.717) is 40.1 Å². The van der Waals surface area contributed by atoms with Crippen LogP contribution in [0.5, 0.6) is 0 Å². The van der Waals surface area contributed by atoms with Crippen molar-refractivity contribution in [1.29, 1.82) is 0 Å². The molecule has 3 rings (SSSR count). The maximum absolute atomic E-state index is 13.4. The normalized spacial score (nSPS) is 10.8. The van der Waals surface area contributed by atoms with Crippen molar-refractivity contribution in [1.82, 2.24) is 20.2 Å². The molecule has 0 unspecified atom stereocenters. The largest absolute Gasteiger partial charge is 0.354 e. The molecule has 108 valence electrons. The van der Waals surface area contributed by atoms with E-state index in [4.69, 9.17) is 11.6 Å². The molecule has 0 spiro atoms. The fraction of sp³-hybridized carbons (Fsp3) is 0.154. The monoisotopic (exact) mass is 306 g/mol. The van der Waals surface area contributed by atoms with Gasteiger partial charge in [-0.25, -0.2) is 4.39 Å². The van der Waals surface area contributed by atoms with Crippen LogP contribution < -0.4 is 10.6 Å². The lowest BCUT2D eigenvalue weighted by molar-refractivity contribution is 0.628. The molecule has 3 N–H and O–H groups in total. The first-order valence-electron chi connectivity index (χ1n) is 6.34. The average molecular weight is 307 g/mol. The Kier molecular flexibility index (Phi) is 3.57. The number of hydrogen-bond acceptors (Lipinski definition) is 5. The molecule has 0 atom stereocenters. The number of aromatic nitrogens is 4. The van der Waals surface area contributed by atoms with Crippen LogP contribution in [0, 0.1) is 5.82 Å². The SMILES string of the molecule is CCNc1nc(Nc2cc(F)cc(Cl)c2)c2cn[nH]c2n1. The standard InChI is InChI=1S/C13H12ClFN6/c1-2-16-13-19-11(10-6-17-21-12(10)20-13)18-9-4-7(14)3-8(15)5-9/h3-6H,2H2,1H3,(H3,16,17,18,19,20,21).